The molecule has 0 aromatic carbocycles. The van der Waals surface area contributed by atoms with Crippen molar-refractivity contribution in [3.8, 4) is 0 Å². The number of rotatable bonds is 6. The Kier molecular flexibility index (Phi) is 5.15. The Balaban J connectivity index is 1.38. The van der Waals surface area contributed by atoms with Gasteiger partial charge in [-0.1, -0.05) is 0 Å². The highest BCUT2D eigenvalue weighted by atomic mass is 16.2. The molecule has 0 aliphatic heterocycles. The predicted octanol–water partition coefficient (Wildman–Crippen LogP) is 3.11. The first-order chi connectivity index (χ1) is 16.2. The number of aromatic nitrogens is 6. The normalized spacial score (nSPS) is 13.9. The molecule has 0 radical (unpaired) electrons. The van der Waals surface area contributed by atoms with E-state index in [-0.39, 0.29) is 29.7 Å². The van der Waals surface area contributed by atoms with Crippen molar-refractivity contribution in [2.45, 2.75) is 51.6 Å². The molecule has 4 heterocycles. The van der Waals surface area contributed by atoms with Crippen molar-refractivity contribution in [1.82, 2.24) is 29.3 Å². The summed E-state index contributed by atoms with van der Waals surface area (Å²) in [7, 11) is 0. The quantitative estimate of drug-likeness (QED) is 0.424. The second-order valence-corrected chi connectivity index (χ2v) is 9.63. The zero-order valence-electron chi connectivity index (χ0n) is 19.3. The van der Waals surface area contributed by atoms with E-state index in [1.54, 1.807) is 23.1 Å². The molecule has 34 heavy (non-hydrogen) atoms. The minimum absolute atomic E-state index is 0.0860. The van der Waals surface area contributed by atoms with Crippen LogP contribution in [-0.2, 0) is 16.9 Å². The summed E-state index contributed by atoms with van der Waals surface area (Å²) in [5, 5.41) is 7.67. The SMILES string of the molecule is CC(C)(C)n1cc(C(=O)c2cncc(NC(=O)Cn3cc(C4CC4)cn3)c2)c2cnc(N)nc21. The smallest absolute Gasteiger partial charge is 0.246 e. The first-order valence-electron chi connectivity index (χ1n) is 11.1. The average molecular weight is 459 g/mol. The van der Waals surface area contributed by atoms with Crippen LogP contribution in [-0.4, -0.2) is 41.0 Å². The topological polar surface area (TPSA) is 134 Å². The van der Waals surface area contributed by atoms with Crippen LogP contribution in [0.5, 0.6) is 0 Å². The Morgan fingerprint density at radius 3 is 2.68 bits per heavy atom. The van der Waals surface area contributed by atoms with E-state index in [0.717, 1.165) is 0 Å². The zero-order valence-corrected chi connectivity index (χ0v) is 19.3. The number of amides is 1. The number of hydrogen-bond donors (Lipinski definition) is 2. The Bertz CT molecular complexity index is 1410. The molecule has 4 aromatic rings. The predicted molar refractivity (Wildman–Crippen MR) is 127 cm³/mol. The Morgan fingerprint density at radius 2 is 1.94 bits per heavy atom. The third-order valence-corrected chi connectivity index (χ3v) is 5.82. The maximum Gasteiger partial charge on any atom is 0.246 e. The van der Waals surface area contributed by atoms with Gasteiger partial charge in [-0.05, 0) is 51.2 Å². The maximum absolute atomic E-state index is 13.4. The van der Waals surface area contributed by atoms with Crippen LogP contribution in [0.15, 0.2) is 43.2 Å². The van der Waals surface area contributed by atoms with E-state index in [0.29, 0.717) is 33.8 Å². The molecule has 0 saturated heterocycles. The van der Waals surface area contributed by atoms with Gasteiger partial charge in [0.25, 0.3) is 0 Å². The monoisotopic (exact) mass is 458 g/mol. The fourth-order valence-corrected chi connectivity index (χ4v) is 3.94. The van der Waals surface area contributed by atoms with Crippen LogP contribution in [0.3, 0.4) is 0 Å². The molecule has 0 unspecified atom stereocenters. The van der Waals surface area contributed by atoms with Gasteiger partial charge in [-0.15, -0.1) is 0 Å². The minimum atomic E-state index is -0.322. The van der Waals surface area contributed by atoms with Gasteiger partial charge in [-0.3, -0.25) is 19.3 Å². The van der Waals surface area contributed by atoms with Gasteiger partial charge in [-0.25, -0.2) is 4.98 Å². The van der Waals surface area contributed by atoms with Gasteiger partial charge < -0.3 is 15.6 Å². The lowest BCUT2D eigenvalue weighted by Crippen LogP contribution is -2.21. The molecule has 1 amide bonds. The molecule has 0 atom stereocenters. The van der Waals surface area contributed by atoms with Gasteiger partial charge in [0.05, 0.1) is 23.6 Å². The van der Waals surface area contributed by atoms with Crippen LogP contribution in [0.2, 0.25) is 0 Å². The zero-order chi connectivity index (χ0) is 24.0. The van der Waals surface area contributed by atoms with Gasteiger partial charge >= 0.3 is 0 Å². The number of nitrogens with zero attached hydrogens (tertiary/aromatic N) is 6. The van der Waals surface area contributed by atoms with Gasteiger partial charge in [0.1, 0.15) is 12.2 Å². The van der Waals surface area contributed by atoms with Gasteiger partial charge in [-0.2, -0.15) is 10.1 Å². The lowest BCUT2D eigenvalue weighted by Gasteiger charge is -2.21. The highest BCUT2D eigenvalue weighted by molar-refractivity contribution is 6.16. The largest absolute Gasteiger partial charge is 0.368 e. The third kappa shape index (κ3) is 4.26. The second-order valence-electron chi connectivity index (χ2n) is 9.63. The number of fused-ring (bicyclic) bond motifs is 1. The summed E-state index contributed by atoms with van der Waals surface area (Å²) >= 11 is 0. The molecule has 5 rings (SSSR count). The van der Waals surface area contributed by atoms with Crippen molar-refractivity contribution in [3.05, 3.63) is 59.9 Å². The molecule has 1 aliphatic rings. The van der Waals surface area contributed by atoms with Gasteiger partial charge in [0.15, 0.2) is 5.78 Å². The number of pyridine rings is 1. The number of nitrogen functional groups attached to an aromatic ring is 1. The maximum atomic E-state index is 13.4. The Hall–Kier alpha value is -4.08. The molecule has 1 aliphatic carbocycles. The summed E-state index contributed by atoms with van der Waals surface area (Å²) in [5.74, 6) is 0.230. The summed E-state index contributed by atoms with van der Waals surface area (Å²) in [5.41, 5.74) is 8.46. The molecular formula is C24H26N8O2. The minimum Gasteiger partial charge on any atom is -0.368 e. The van der Waals surface area contributed by atoms with E-state index in [1.165, 1.54) is 30.8 Å². The van der Waals surface area contributed by atoms with E-state index in [4.69, 9.17) is 5.73 Å². The van der Waals surface area contributed by atoms with Crippen molar-refractivity contribution in [2.24, 2.45) is 0 Å². The van der Waals surface area contributed by atoms with Gasteiger partial charge in [0.2, 0.25) is 11.9 Å². The first kappa shape index (κ1) is 21.7. The summed E-state index contributed by atoms with van der Waals surface area (Å²) in [6.45, 7) is 6.14. The number of anilines is 2. The first-order valence-corrected chi connectivity index (χ1v) is 11.1. The Labute approximate surface area is 196 Å². The van der Waals surface area contributed by atoms with E-state index in [2.05, 4.69) is 25.4 Å². The molecule has 0 spiro atoms. The fourth-order valence-electron chi connectivity index (χ4n) is 3.94. The third-order valence-electron chi connectivity index (χ3n) is 5.82. The second kappa shape index (κ2) is 8.05. The molecule has 0 bridgehead atoms. The van der Waals surface area contributed by atoms with Crippen LogP contribution in [0.1, 0.15) is 61.0 Å². The molecule has 1 saturated carbocycles. The lowest BCUT2D eigenvalue weighted by atomic mass is 10.1. The van der Waals surface area contributed by atoms with E-state index < -0.39 is 0 Å². The van der Waals surface area contributed by atoms with Crippen LogP contribution in [0.25, 0.3) is 11.0 Å². The molecular weight excluding hydrogens is 432 g/mol. The average Bonchev–Trinajstić information content (AvgIpc) is 3.40. The molecule has 10 heteroatoms. The number of carbonyl (C=O) groups is 2. The molecule has 3 N–H and O–H groups in total. The van der Waals surface area contributed by atoms with E-state index in [1.807, 2.05) is 37.7 Å². The molecule has 10 nitrogen and oxygen atoms in total. The van der Waals surface area contributed by atoms with Crippen molar-refractivity contribution in [3.63, 3.8) is 0 Å². The summed E-state index contributed by atoms with van der Waals surface area (Å²) in [6.07, 6.45) is 12.4. The van der Waals surface area contributed by atoms with Crippen molar-refractivity contribution < 1.29 is 9.59 Å². The van der Waals surface area contributed by atoms with Crippen molar-refractivity contribution >= 4 is 34.4 Å². The van der Waals surface area contributed by atoms with Crippen LogP contribution in [0, 0.1) is 0 Å². The highest BCUT2D eigenvalue weighted by Gasteiger charge is 2.26. The number of hydrogen-bond acceptors (Lipinski definition) is 7. The standard InChI is InChI=1S/C24H26N8O2/c1-24(2,3)32-12-19(18-10-27-23(25)30-22(18)32)21(34)15-6-17(9-26-7-15)29-20(33)13-31-11-16(8-28-31)14-4-5-14/h6-12,14H,4-5,13H2,1-3H3,(H,29,33)(H2,25,27,30). The Morgan fingerprint density at radius 1 is 1.15 bits per heavy atom. The summed E-state index contributed by atoms with van der Waals surface area (Å²) in [6, 6.07) is 1.62. The van der Waals surface area contributed by atoms with Crippen molar-refractivity contribution in [2.75, 3.05) is 11.1 Å². The van der Waals surface area contributed by atoms with E-state index in [9.17, 15) is 9.59 Å². The molecule has 1 fully saturated rings. The number of nitrogens with two attached hydrogens (primary N) is 1. The number of nitrogens with one attached hydrogen (secondary N) is 1. The summed E-state index contributed by atoms with van der Waals surface area (Å²) < 4.78 is 3.53. The van der Waals surface area contributed by atoms with Crippen LogP contribution in [0.4, 0.5) is 11.6 Å². The fraction of sp³-hybridized carbons (Fsp3) is 0.333. The molecule has 174 valence electrons. The van der Waals surface area contributed by atoms with Crippen LogP contribution >= 0.6 is 0 Å². The lowest BCUT2D eigenvalue weighted by molar-refractivity contribution is -0.116. The van der Waals surface area contributed by atoms with Crippen LogP contribution < -0.4 is 11.1 Å². The van der Waals surface area contributed by atoms with Gasteiger partial charge in [0, 0.05) is 41.3 Å². The van der Waals surface area contributed by atoms with E-state index >= 15 is 0 Å². The van der Waals surface area contributed by atoms with Crippen molar-refractivity contribution in [1.29, 1.82) is 0 Å². The summed E-state index contributed by atoms with van der Waals surface area (Å²) in [4.78, 5) is 38.5. The number of carbonyl (C=O) groups excluding carboxylic acids is 2. The number of ketones is 1. The molecule has 4 aromatic heterocycles. The highest BCUT2D eigenvalue weighted by Crippen LogP contribution is 2.39.